The number of piperidine rings is 1. The van der Waals surface area contributed by atoms with Gasteiger partial charge in [-0.3, -0.25) is 4.79 Å². The van der Waals surface area contributed by atoms with Crippen LogP contribution in [0, 0.1) is 5.92 Å². The van der Waals surface area contributed by atoms with E-state index in [0.29, 0.717) is 18.3 Å². The van der Waals surface area contributed by atoms with Crippen molar-refractivity contribution in [2.24, 2.45) is 5.92 Å². The Labute approximate surface area is 113 Å². The Bertz CT molecular complexity index is 470. The summed E-state index contributed by atoms with van der Waals surface area (Å²) >= 11 is 0. The quantitative estimate of drug-likeness (QED) is 0.890. The molecule has 1 unspecified atom stereocenters. The van der Waals surface area contributed by atoms with Crippen LogP contribution in [0.5, 0.6) is 0 Å². The molecule has 2 rings (SSSR count). The topological polar surface area (TPSA) is 58.4 Å². The highest BCUT2D eigenvalue weighted by Gasteiger charge is 2.25. The molecule has 0 amide bonds. The van der Waals surface area contributed by atoms with Gasteiger partial charge < -0.3 is 14.6 Å². The number of nitrogens with zero attached hydrogens (tertiary/aromatic N) is 3. The Kier molecular flexibility index (Phi) is 4.58. The summed E-state index contributed by atoms with van der Waals surface area (Å²) in [6.07, 6.45) is 6.51. The molecule has 5 nitrogen and oxygen atoms in total. The van der Waals surface area contributed by atoms with E-state index in [1.165, 1.54) is 0 Å². The van der Waals surface area contributed by atoms with Gasteiger partial charge in [0.15, 0.2) is 5.82 Å². The molecular weight excluding hydrogens is 242 g/mol. The van der Waals surface area contributed by atoms with Crippen molar-refractivity contribution in [3.05, 3.63) is 22.7 Å². The van der Waals surface area contributed by atoms with E-state index < -0.39 is 0 Å². The van der Waals surface area contributed by atoms with Crippen molar-refractivity contribution in [1.29, 1.82) is 0 Å². The summed E-state index contributed by atoms with van der Waals surface area (Å²) in [5.74, 6) is 0.907. The van der Waals surface area contributed by atoms with Gasteiger partial charge in [0.05, 0.1) is 12.6 Å². The molecule has 0 radical (unpaired) electrons. The second kappa shape index (κ2) is 6.19. The highest BCUT2D eigenvalue weighted by Crippen LogP contribution is 2.20. The lowest BCUT2D eigenvalue weighted by Gasteiger charge is -2.35. The van der Waals surface area contributed by atoms with Crippen molar-refractivity contribution in [2.75, 3.05) is 18.1 Å². The smallest absolute Gasteiger partial charge is 0.293 e. The zero-order valence-corrected chi connectivity index (χ0v) is 11.7. The van der Waals surface area contributed by atoms with Gasteiger partial charge in [-0.05, 0) is 25.2 Å². The van der Waals surface area contributed by atoms with Crippen molar-refractivity contribution in [3.8, 4) is 0 Å². The van der Waals surface area contributed by atoms with Crippen LogP contribution >= 0.6 is 0 Å². The summed E-state index contributed by atoms with van der Waals surface area (Å²) < 4.78 is 1.72. The fourth-order valence-electron chi connectivity index (χ4n) is 2.64. The summed E-state index contributed by atoms with van der Waals surface area (Å²) in [7, 11) is 0. The van der Waals surface area contributed by atoms with Gasteiger partial charge in [-0.1, -0.05) is 13.8 Å². The first kappa shape index (κ1) is 14.1. The summed E-state index contributed by atoms with van der Waals surface area (Å²) in [5.41, 5.74) is -0.0449. The summed E-state index contributed by atoms with van der Waals surface area (Å²) in [4.78, 5) is 18.7. The zero-order valence-electron chi connectivity index (χ0n) is 11.7. The Morgan fingerprint density at radius 3 is 2.95 bits per heavy atom. The average molecular weight is 265 g/mol. The molecule has 0 saturated carbocycles. The number of rotatable bonds is 4. The van der Waals surface area contributed by atoms with E-state index in [9.17, 15) is 9.90 Å². The van der Waals surface area contributed by atoms with E-state index in [2.05, 4.69) is 18.8 Å². The van der Waals surface area contributed by atoms with E-state index in [1.807, 2.05) is 4.90 Å². The lowest BCUT2D eigenvalue weighted by Crippen LogP contribution is -2.45. The second-order valence-electron chi connectivity index (χ2n) is 5.63. The third-order valence-electron chi connectivity index (χ3n) is 3.57. The number of hydrogen-bond acceptors (Lipinski definition) is 4. The summed E-state index contributed by atoms with van der Waals surface area (Å²) in [6, 6.07) is 0.0313. The summed E-state index contributed by atoms with van der Waals surface area (Å²) in [6.45, 7) is 5.76. The van der Waals surface area contributed by atoms with E-state index in [-0.39, 0.29) is 18.2 Å². The molecule has 0 aromatic carbocycles. The second-order valence-corrected chi connectivity index (χ2v) is 5.63. The molecule has 1 N–H and O–H groups in total. The van der Waals surface area contributed by atoms with Crippen molar-refractivity contribution in [1.82, 2.24) is 9.55 Å². The third-order valence-corrected chi connectivity index (χ3v) is 3.57. The van der Waals surface area contributed by atoms with Crippen molar-refractivity contribution in [3.63, 3.8) is 0 Å². The first-order valence-corrected chi connectivity index (χ1v) is 7.06. The van der Waals surface area contributed by atoms with E-state index in [1.54, 1.807) is 17.0 Å². The number of hydrogen-bond donors (Lipinski definition) is 1. The first-order valence-electron chi connectivity index (χ1n) is 7.06. The van der Waals surface area contributed by atoms with Crippen LogP contribution in [0.15, 0.2) is 17.2 Å². The molecule has 1 aromatic rings. The third kappa shape index (κ3) is 3.15. The van der Waals surface area contributed by atoms with Gasteiger partial charge >= 0.3 is 0 Å². The molecule has 1 aliphatic rings. The number of anilines is 1. The minimum absolute atomic E-state index is 0.0313. The maximum atomic E-state index is 12.4. The van der Waals surface area contributed by atoms with Gasteiger partial charge in [-0.2, -0.15) is 0 Å². The van der Waals surface area contributed by atoms with Crippen LogP contribution < -0.4 is 10.5 Å². The SMILES string of the molecule is CC(C)Cn1ccnc(N2CCCCC2CO)c1=O. The molecule has 106 valence electrons. The largest absolute Gasteiger partial charge is 0.394 e. The first-order chi connectivity index (χ1) is 9.13. The number of aliphatic hydroxyl groups excluding tert-OH is 1. The van der Waals surface area contributed by atoms with Crippen LogP contribution in [0.1, 0.15) is 33.1 Å². The van der Waals surface area contributed by atoms with Crippen LogP contribution in [0.2, 0.25) is 0 Å². The molecule has 0 aliphatic carbocycles. The molecule has 5 heteroatoms. The highest BCUT2D eigenvalue weighted by atomic mass is 16.3. The molecule has 1 atom stereocenters. The summed E-state index contributed by atoms with van der Waals surface area (Å²) in [5, 5.41) is 9.45. The molecular formula is C14H23N3O2. The van der Waals surface area contributed by atoms with Gasteiger partial charge in [0.2, 0.25) is 0 Å². The Morgan fingerprint density at radius 2 is 2.26 bits per heavy atom. The van der Waals surface area contributed by atoms with Crippen molar-refractivity contribution < 1.29 is 5.11 Å². The Morgan fingerprint density at radius 1 is 1.47 bits per heavy atom. The minimum Gasteiger partial charge on any atom is -0.394 e. The van der Waals surface area contributed by atoms with Crippen molar-refractivity contribution in [2.45, 2.75) is 45.7 Å². The molecule has 1 saturated heterocycles. The van der Waals surface area contributed by atoms with Crippen LogP contribution in [-0.4, -0.2) is 33.9 Å². The molecule has 1 aliphatic heterocycles. The van der Waals surface area contributed by atoms with Gasteiger partial charge in [-0.25, -0.2) is 4.98 Å². The molecule has 1 fully saturated rings. The number of aliphatic hydroxyl groups is 1. The van der Waals surface area contributed by atoms with E-state index in [4.69, 9.17) is 0 Å². The van der Waals surface area contributed by atoms with E-state index >= 15 is 0 Å². The van der Waals surface area contributed by atoms with Gasteiger partial charge in [-0.15, -0.1) is 0 Å². The zero-order chi connectivity index (χ0) is 13.8. The van der Waals surface area contributed by atoms with Gasteiger partial charge in [0.25, 0.3) is 5.56 Å². The van der Waals surface area contributed by atoms with Crippen molar-refractivity contribution >= 4 is 5.82 Å². The fraction of sp³-hybridized carbons (Fsp3) is 0.714. The van der Waals surface area contributed by atoms with Gasteiger partial charge in [0, 0.05) is 25.5 Å². The van der Waals surface area contributed by atoms with Crippen LogP contribution in [-0.2, 0) is 6.54 Å². The standard InChI is InChI=1S/C14H23N3O2/c1-11(2)9-16-8-6-15-13(14(16)19)17-7-4-3-5-12(17)10-18/h6,8,11-12,18H,3-5,7,9-10H2,1-2H3. The predicted octanol–water partition coefficient (Wildman–Crippen LogP) is 1.25. The maximum Gasteiger partial charge on any atom is 0.293 e. The Balaban J connectivity index is 2.31. The van der Waals surface area contributed by atoms with E-state index in [0.717, 1.165) is 25.8 Å². The fourth-order valence-corrected chi connectivity index (χ4v) is 2.64. The number of aromatic nitrogens is 2. The minimum atomic E-state index is -0.0449. The molecule has 19 heavy (non-hydrogen) atoms. The predicted molar refractivity (Wildman–Crippen MR) is 75.4 cm³/mol. The maximum absolute atomic E-state index is 12.4. The van der Waals surface area contributed by atoms with Gasteiger partial charge in [0.1, 0.15) is 0 Å². The van der Waals surface area contributed by atoms with Crippen LogP contribution in [0.25, 0.3) is 0 Å². The molecule has 2 heterocycles. The monoisotopic (exact) mass is 265 g/mol. The lowest BCUT2D eigenvalue weighted by molar-refractivity contribution is 0.239. The van der Waals surface area contributed by atoms with Crippen LogP contribution in [0.3, 0.4) is 0 Å². The highest BCUT2D eigenvalue weighted by molar-refractivity contribution is 5.38. The normalized spacial score (nSPS) is 20.0. The molecule has 0 spiro atoms. The molecule has 0 bridgehead atoms. The Hall–Kier alpha value is -1.36. The average Bonchev–Trinajstić information content (AvgIpc) is 2.41. The molecule has 1 aromatic heterocycles. The van der Waals surface area contributed by atoms with Crippen LogP contribution in [0.4, 0.5) is 5.82 Å². The lowest BCUT2D eigenvalue weighted by atomic mass is 10.0.